The first kappa shape index (κ1) is 15.6. The second kappa shape index (κ2) is 5.90. The minimum absolute atomic E-state index is 0.130. The molecule has 2 amide bonds. The van der Waals surface area contributed by atoms with E-state index in [-0.39, 0.29) is 41.2 Å². The van der Waals surface area contributed by atoms with Gasteiger partial charge in [-0.15, -0.1) is 0 Å². The summed E-state index contributed by atoms with van der Waals surface area (Å²) in [5.41, 5.74) is 0.576. The third kappa shape index (κ3) is 4.33. The molecule has 1 saturated heterocycles. The van der Waals surface area contributed by atoms with Gasteiger partial charge in [0.15, 0.2) is 0 Å². The minimum atomic E-state index is -3.42. The number of anilines is 2. The third-order valence-corrected chi connectivity index (χ3v) is 3.81. The Morgan fingerprint density at radius 1 is 1.43 bits per heavy atom. The molecule has 0 radical (unpaired) electrons. The molecule has 1 fully saturated rings. The van der Waals surface area contributed by atoms with Crippen molar-refractivity contribution in [1.82, 2.24) is 5.32 Å². The fourth-order valence-electron chi connectivity index (χ4n) is 1.92. The molecular formula is C12H14ClN3O4S. The van der Waals surface area contributed by atoms with Crippen LogP contribution in [0.25, 0.3) is 0 Å². The Hall–Kier alpha value is -1.80. The molecule has 2 rings (SSSR count). The van der Waals surface area contributed by atoms with Crippen molar-refractivity contribution in [2.75, 3.05) is 22.8 Å². The van der Waals surface area contributed by atoms with Gasteiger partial charge in [0, 0.05) is 13.0 Å². The summed E-state index contributed by atoms with van der Waals surface area (Å²) in [7, 11) is -3.42. The molecule has 1 aromatic rings. The van der Waals surface area contributed by atoms with Crippen LogP contribution in [0.2, 0.25) is 5.02 Å². The predicted molar refractivity (Wildman–Crippen MR) is 79.7 cm³/mol. The lowest BCUT2D eigenvalue weighted by Gasteiger charge is -2.12. The molecule has 0 saturated carbocycles. The number of hydrogen-bond acceptors (Lipinski definition) is 4. The SMILES string of the molecule is CS(=O)(=O)Nc1ccc(Cl)c(NC(=O)C2CNC(=O)C2)c1. The topological polar surface area (TPSA) is 104 Å². The van der Waals surface area contributed by atoms with Gasteiger partial charge in [-0.25, -0.2) is 8.42 Å². The number of sulfonamides is 1. The summed E-state index contributed by atoms with van der Waals surface area (Å²) >= 11 is 5.97. The first-order chi connectivity index (χ1) is 9.74. The van der Waals surface area contributed by atoms with E-state index in [9.17, 15) is 18.0 Å². The molecule has 7 nitrogen and oxygen atoms in total. The Morgan fingerprint density at radius 3 is 2.71 bits per heavy atom. The van der Waals surface area contributed by atoms with Crippen molar-refractivity contribution >= 4 is 44.8 Å². The van der Waals surface area contributed by atoms with Crippen LogP contribution in [0.5, 0.6) is 0 Å². The quantitative estimate of drug-likeness (QED) is 0.758. The maximum absolute atomic E-state index is 12.0. The van der Waals surface area contributed by atoms with Gasteiger partial charge in [-0.1, -0.05) is 11.6 Å². The third-order valence-electron chi connectivity index (χ3n) is 2.88. The summed E-state index contributed by atoms with van der Waals surface area (Å²) < 4.78 is 24.7. The highest BCUT2D eigenvalue weighted by molar-refractivity contribution is 7.92. The Kier molecular flexibility index (Phi) is 4.38. The smallest absolute Gasteiger partial charge is 0.229 e. The number of nitrogens with one attached hydrogen (secondary N) is 3. The molecule has 21 heavy (non-hydrogen) atoms. The van der Waals surface area contributed by atoms with Crippen LogP contribution in [0.15, 0.2) is 18.2 Å². The summed E-state index contributed by atoms with van der Waals surface area (Å²) in [5.74, 6) is -0.972. The summed E-state index contributed by atoms with van der Waals surface area (Å²) in [5, 5.41) is 5.45. The van der Waals surface area contributed by atoms with Crippen molar-refractivity contribution < 1.29 is 18.0 Å². The van der Waals surface area contributed by atoms with E-state index in [4.69, 9.17) is 11.6 Å². The van der Waals surface area contributed by atoms with Crippen molar-refractivity contribution in [3.8, 4) is 0 Å². The van der Waals surface area contributed by atoms with Gasteiger partial charge in [-0.2, -0.15) is 0 Å². The average molecular weight is 332 g/mol. The lowest BCUT2D eigenvalue weighted by molar-refractivity contribution is -0.123. The van der Waals surface area contributed by atoms with Crippen LogP contribution in [0.1, 0.15) is 6.42 Å². The Balaban J connectivity index is 2.13. The van der Waals surface area contributed by atoms with Crippen molar-refractivity contribution in [3.05, 3.63) is 23.2 Å². The van der Waals surface area contributed by atoms with Gasteiger partial charge in [-0.05, 0) is 18.2 Å². The number of amides is 2. The molecule has 0 bridgehead atoms. The first-order valence-corrected chi connectivity index (χ1v) is 8.36. The lowest BCUT2D eigenvalue weighted by atomic mass is 10.1. The molecule has 0 spiro atoms. The number of halogens is 1. The molecule has 114 valence electrons. The van der Waals surface area contributed by atoms with Crippen LogP contribution < -0.4 is 15.4 Å². The number of benzene rings is 1. The highest BCUT2D eigenvalue weighted by atomic mass is 35.5. The fraction of sp³-hybridized carbons (Fsp3) is 0.333. The normalized spacial score (nSPS) is 18.2. The average Bonchev–Trinajstić information content (AvgIpc) is 2.78. The number of rotatable bonds is 4. The molecule has 1 heterocycles. The van der Waals surface area contributed by atoms with Crippen molar-refractivity contribution in [1.29, 1.82) is 0 Å². The van der Waals surface area contributed by atoms with E-state index < -0.39 is 15.9 Å². The highest BCUT2D eigenvalue weighted by Crippen LogP contribution is 2.27. The highest BCUT2D eigenvalue weighted by Gasteiger charge is 2.28. The van der Waals surface area contributed by atoms with E-state index in [1.807, 2.05) is 0 Å². The lowest BCUT2D eigenvalue weighted by Crippen LogP contribution is -2.24. The molecule has 1 aliphatic rings. The predicted octanol–water partition coefficient (Wildman–Crippen LogP) is 0.786. The van der Waals surface area contributed by atoms with E-state index >= 15 is 0 Å². The van der Waals surface area contributed by atoms with E-state index in [1.54, 1.807) is 0 Å². The fourth-order valence-corrected chi connectivity index (χ4v) is 2.64. The van der Waals surface area contributed by atoms with Crippen LogP contribution >= 0.6 is 11.6 Å². The Labute approximate surface area is 127 Å². The molecule has 3 N–H and O–H groups in total. The van der Waals surface area contributed by atoms with Gasteiger partial charge in [-0.3, -0.25) is 14.3 Å². The zero-order valence-corrected chi connectivity index (χ0v) is 12.7. The van der Waals surface area contributed by atoms with Crippen LogP contribution in [-0.2, 0) is 19.6 Å². The van der Waals surface area contributed by atoms with Crippen molar-refractivity contribution in [2.24, 2.45) is 5.92 Å². The van der Waals surface area contributed by atoms with Gasteiger partial charge < -0.3 is 10.6 Å². The molecule has 0 aromatic heterocycles. The monoisotopic (exact) mass is 331 g/mol. The Bertz CT molecular complexity index is 690. The molecular weight excluding hydrogens is 318 g/mol. The first-order valence-electron chi connectivity index (χ1n) is 6.09. The summed E-state index contributed by atoms with van der Waals surface area (Å²) in [4.78, 5) is 23.1. The van der Waals surface area contributed by atoms with Gasteiger partial charge in [0.25, 0.3) is 0 Å². The molecule has 1 aliphatic heterocycles. The molecule has 1 aromatic carbocycles. The number of hydrogen-bond donors (Lipinski definition) is 3. The van der Waals surface area contributed by atoms with Gasteiger partial charge in [0.1, 0.15) is 0 Å². The van der Waals surface area contributed by atoms with Crippen LogP contribution in [-0.4, -0.2) is 33.0 Å². The largest absolute Gasteiger partial charge is 0.355 e. The van der Waals surface area contributed by atoms with Gasteiger partial charge in [0.2, 0.25) is 21.8 Å². The number of carbonyl (C=O) groups is 2. The second-order valence-corrected chi connectivity index (χ2v) is 6.92. The van der Waals surface area contributed by atoms with Crippen LogP contribution in [0.4, 0.5) is 11.4 Å². The Morgan fingerprint density at radius 2 is 2.14 bits per heavy atom. The zero-order chi connectivity index (χ0) is 15.6. The van der Waals surface area contributed by atoms with E-state index in [0.717, 1.165) is 6.26 Å². The van der Waals surface area contributed by atoms with Gasteiger partial charge in [0.05, 0.1) is 28.6 Å². The molecule has 1 atom stereocenters. The maximum atomic E-state index is 12.0. The summed E-state index contributed by atoms with van der Waals surface area (Å²) in [6.07, 6.45) is 1.15. The molecule has 0 aliphatic carbocycles. The van der Waals surface area contributed by atoms with Crippen LogP contribution in [0, 0.1) is 5.92 Å². The standard InChI is InChI=1S/C12H14ClN3O4S/c1-21(19,20)16-8-2-3-9(13)10(5-8)15-12(18)7-4-11(17)14-6-7/h2-3,5,7,16H,4,6H2,1H3,(H,14,17)(H,15,18). The molecule has 9 heteroatoms. The zero-order valence-electron chi connectivity index (χ0n) is 11.1. The molecule has 1 unspecified atom stereocenters. The summed E-state index contributed by atoms with van der Waals surface area (Å²) in [6.45, 7) is 0.281. The maximum Gasteiger partial charge on any atom is 0.229 e. The van der Waals surface area contributed by atoms with E-state index in [2.05, 4.69) is 15.4 Å². The minimum Gasteiger partial charge on any atom is -0.355 e. The van der Waals surface area contributed by atoms with Crippen molar-refractivity contribution in [3.63, 3.8) is 0 Å². The van der Waals surface area contributed by atoms with Gasteiger partial charge >= 0.3 is 0 Å². The van der Waals surface area contributed by atoms with Crippen molar-refractivity contribution in [2.45, 2.75) is 6.42 Å². The van der Waals surface area contributed by atoms with E-state index in [1.165, 1.54) is 18.2 Å². The second-order valence-electron chi connectivity index (χ2n) is 4.76. The summed E-state index contributed by atoms with van der Waals surface area (Å²) in [6, 6.07) is 4.38. The van der Waals surface area contributed by atoms with Crippen LogP contribution in [0.3, 0.4) is 0 Å². The number of carbonyl (C=O) groups excluding carboxylic acids is 2. The van der Waals surface area contributed by atoms with E-state index in [0.29, 0.717) is 0 Å².